The zero-order chi connectivity index (χ0) is 21.8. The molecule has 2 N–H and O–H groups in total. The van der Waals surface area contributed by atoms with E-state index in [2.05, 4.69) is 10.6 Å². The van der Waals surface area contributed by atoms with Gasteiger partial charge in [-0.25, -0.2) is 9.59 Å². The quantitative estimate of drug-likeness (QED) is 0.792. The zero-order valence-electron chi connectivity index (χ0n) is 17.0. The molecule has 1 saturated heterocycles. The number of alkyl carbamates (subject to hydrolysis) is 1. The summed E-state index contributed by atoms with van der Waals surface area (Å²) < 4.78 is 43.2. The summed E-state index contributed by atoms with van der Waals surface area (Å²) >= 11 is 0. The van der Waals surface area contributed by atoms with Crippen LogP contribution in [0, 0.1) is 0 Å². The van der Waals surface area contributed by atoms with Crippen molar-refractivity contribution < 1.29 is 27.5 Å². The van der Waals surface area contributed by atoms with Crippen LogP contribution in [0.2, 0.25) is 0 Å². The predicted molar refractivity (Wildman–Crippen MR) is 103 cm³/mol. The number of hydrogen-bond donors (Lipinski definition) is 2. The van der Waals surface area contributed by atoms with Crippen molar-refractivity contribution in [3.05, 3.63) is 29.8 Å². The summed E-state index contributed by atoms with van der Waals surface area (Å²) in [6.45, 7) is 7.06. The van der Waals surface area contributed by atoms with Crippen LogP contribution in [0.3, 0.4) is 0 Å². The molecule has 1 atom stereocenters. The number of carbonyl (C=O) groups excluding carboxylic acids is 2. The van der Waals surface area contributed by atoms with Crippen molar-refractivity contribution in [2.75, 3.05) is 38.5 Å². The first-order chi connectivity index (χ1) is 13.3. The normalized spacial score (nSPS) is 18.3. The minimum absolute atomic E-state index is 0.194. The first kappa shape index (κ1) is 22.8. The summed E-state index contributed by atoms with van der Waals surface area (Å²) in [5.74, 6) is 0. The van der Waals surface area contributed by atoms with Crippen molar-refractivity contribution >= 4 is 17.8 Å². The molecular formula is C19H27F3N4O3. The van der Waals surface area contributed by atoms with E-state index >= 15 is 0 Å². The summed E-state index contributed by atoms with van der Waals surface area (Å²) in [6, 6.07) is 3.52. The number of nitrogens with zero attached hydrogens (tertiary/aromatic N) is 2. The van der Waals surface area contributed by atoms with Crippen LogP contribution in [0.15, 0.2) is 24.3 Å². The number of rotatable bonds is 3. The van der Waals surface area contributed by atoms with Crippen molar-refractivity contribution in [3.8, 4) is 0 Å². The number of piperazine rings is 1. The molecule has 0 saturated carbocycles. The van der Waals surface area contributed by atoms with Crippen LogP contribution < -0.4 is 10.6 Å². The van der Waals surface area contributed by atoms with E-state index in [0.29, 0.717) is 19.6 Å². The van der Waals surface area contributed by atoms with Gasteiger partial charge in [0, 0.05) is 31.9 Å². The van der Waals surface area contributed by atoms with E-state index in [-0.39, 0.29) is 18.3 Å². The molecule has 1 fully saturated rings. The van der Waals surface area contributed by atoms with Gasteiger partial charge in [-0.05, 0) is 52.1 Å². The van der Waals surface area contributed by atoms with Crippen molar-refractivity contribution in [1.82, 2.24) is 15.1 Å². The second kappa shape index (κ2) is 8.89. The molecule has 1 aliphatic heterocycles. The van der Waals surface area contributed by atoms with Crippen LogP contribution >= 0.6 is 0 Å². The van der Waals surface area contributed by atoms with Gasteiger partial charge in [0.2, 0.25) is 0 Å². The smallest absolute Gasteiger partial charge is 0.416 e. The second-order valence-electron chi connectivity index (χ2n) is 8.00. The van der Waals surface area contributed by atoms with Gasteiger partial charge in [0.05, 0.1) is 11.6 Å². The van der Waals surface area contributed by atoms with Gasteiger partial charge >= 0.3 is 18.3 Å². The van der Waals surface area contributed by atoms with E-state index < -0.39 is 29.5 Å². The topological polar surface area (TPSA) is 73.9 Å². The van der Waals surface area contributed by atoms with Gasteiger partial charge in [0.25, 0.3) is 0 Å². The fourth-order valence-electron chi connectivity index (χ4n) is 2.91. The molecule has 0 spiro atoms. The summed E-state index contributed by atoms with van der Waals surface area (Å²) in [7, 11) is 1.91. The summed E-state index contributed by atoms with van der Waals surface area (Å²) in [6.07, 6.45) is -5.01. The highest BCUT2D eigenvalue weighted by molar-refractivity contribution is 5.89. The Morgan fingerprint density at radius 3 is 2.31 bits per heavy atom. The van der Waals surface area contributed by atoms with E-state index in [1.54, 1.807) is 25.7 Å². The van der Waals surface area contributed by atoms with Crippen LogP contribution in [0.1, 0.15) is 26.3 Å². The lowest BCUT2D eigenvalue weighted by Crippen LogP contribution is -2.58. The van der Waals surface area contributed by atoms with E-state index in [4.69, 9.17) is 4.74 Å². The highest BCUT2D eigenvalue weighted by atomic mass is 19.4. The molecule has 2 rings (SSSR count). The number of benzene rings is 1. The molecule has 1 heterocycles. The summed E-state index contributed by atoms with van der Waals surface area (Å²) in [5.41, 5.74) is -1.15. The van der Waals surface area contributed by atoms with Gasteiger partial charge in [-0.1, -0.05) is 0 Å². The Hall–Kier alpha value is -2.49. The number of ether oxygens (including phenoxy) is 1. The van der Waals surface area contributed by atoms with Gasteiger partial charge in [0.1, 0.15) is 5.60 Å². The largest absolute Gasteiger partial charge is 0.444 e. The standard InChI is InChI=1S/C19H27F3N4O3/c1-18(2,3)29-17(28)23-11-15-12-25(4)9-10-26(15)16(27)24-14-7-5-13(6-8-14)19(20,21)22/h5-8,15H,9-12H2,1-4H3,(H,23,28)(H,24,27). The minimum Gasteiger partial charge on any atom is -0.444 e. The molecule has 0 aromatic heterocycles. The molecule has 29 heavy (non-hydrogen) atoms. The molecule has 1 aromatic carbocycles. The number of amides is 3. The lowest BCUT2D eigenvalue weighted by Gasteiger charge is -2.40. The number of nitrogens with one attached hydrogen (secondary N) is 2. The fraction of sp³-hybridized carbons (Fsp3) is 0.579. The SMILES string of the molecule is CN1CCN(C(=O)Nc2ccc(C(F)(F)F)cc2)C(CNC(=O)OC(C)(C)C)C1. The van der Waals surface area contributed by atoms with E-state index in [1.807, 2.05) is 11.9 Å². The van der Waals surface area contributed by atoms with Crippen LogP contribution in [-0.4, -0.2) is 66.8 Å². The van der Waals surface area contributed by atoms with Gasteiger partial charge in [-0.15, -0.1) is 0 Å². The maximum atomic E-state index is 12.7. The van der Waals surface area contributed by atoms with Crippen LogP contribution in [0.25, 0.3) is 0 Å². The molecule has 3 amide bonds. The van der Waals surface area contributed by atoms with Crippen molar-refractivity contribution in [2.24, 2.45) is 0 Å². The van der Waals surface area contributed by atoms with Crippen LogP contribution in [-0.2, 0) is 10.9 Å². The maximum Gasteiger partial charge on any atom is 0.416 e. The lowest BCUT2D eigenvalue weighted by atomic mass is 10.1. The first-order valence-electron chi connectivity index (χ1n) is 9.25. The molecule has 0 bridgehead atoms. The second-order valence-corrected chi connectivity index (χ2v) is 8.00. The molecule has 10 heteroatoms. The molecule has 7 nitrogen and oxygen atoms in total. The minimum atomic E-state index is -4.43. The van der Waals surface area contributed by atoms with E-state index in [1.165, 1.54) is 12.1 Å². The highest BCUT2D eigenvalue weighted by Crippen LogP contribution is 2.29. The Morgan fingerprint density at radius 2 is 1.76 bits per heavy atom. The molecule has 1 aromatic rings. The molecule has 1 aliphatic rings. The number of urea groups is 1. The fourth-order valence-corrected chi connectivity index (χ4v) is 2.91. The lowest BCUT2D eigenvalue weighted by molar-refractivity contribution is -0.137. The third kappa shape index (κ3) is 7.12. The Kier molecular flexibility index (Phi) is 6.99. The van der Waals surface area contributed by atoms with Gasteiger partial charge in [-0.2, -0.15) is 13.2 Å². The monoisotopic (exact) mass is 416 g/mol. The van der Waals surface area contributed by atoms with E-state index in [0.717, 1.165) is 12.1 Å². The first-order valence-corrected chi connectivity index (χ1v) is 9.25. The number of alkyl halides is 3. The van der Waals surface area contributed by atoms with Gasteiger partial charge in [0.15, 0.2) is 0 Å². The highest BCUT2D eigenvalue weighted by Gasteiger charge is 2.31. The predicted octanol–water partition coefficient (Wildman–Crippen LogP) is 3.38. The summed E-state index contributed by atoms with van der Waals surface area (Å²) in [4.78, 5) is 28.2. The third-order valence-corrected chi connectivity index (χ3v) is 4.29. The molecule has 1 unspecified atom stereocenters. The molecule has 162 valence electrons. The zero-order valence-corrected chi connectivity index (χ0v) is 17.0. The third-order valence-electron chi connectivity index (χ3n) is 4.29. The Labute approximate surface area is 168 Å². The maximum absolute atomic E-state index is 12.7. The average Bonchev–Trinajstić information content (AvgIpc) is 2.58. The number of likely N-dealkylation sites (N-methyl/N-ethyl adjacent to an activating group) is 1. The van der Waals surface area contributed by atoms with Crippen LogP contribution in [0.5, 0.6) is 0 Å². The molecule has 0 aliphatic carbocycles. The Balaban J connectivity index is 1.99. The number of carbonyl (C=O) groups is 2. The van der Waals surface area contributed by atoms with Gasteiger partial charge in [-0.3, -0.25) is 0 Å². The average molecular weight is 416 g/mol. The Morgan fingerprint density at radius 1 is 1.14 bits per heavy atom. The number of hydrogen-bond acceptors (Lipinski definition) is 4. The Bertz CT molecular complexity index is 717. The number of halogens is 3. The van der Waals surface area contributed by atoms with Crippen molar-refractivity contribution in [3.63, 3.8) is 0 Å². The van der Waals surface area contributed by atoms with E-state index in [9.17, 15) is 22.8 Å². The van der Waals surface area contributed by atoms with Gasteiger partial charge < -0.3 is 25.2 Å². The van der Waals surface area contributed by atoms with Crippen molar-refractivity contribution in [2.45, 2.75) is 38.6 Å². The van der Waals surface area contributed by atoms with Crippen LogP contribution in [0.4, 0.5) is 28.4 Å². The van der Waals surface area contributed by atoms with Crippen molar-refractivity contribution in [1.29, 1.82) is 0 Å². The summed E-state index contributed by atoms with van der Waals surface area (Å²) in [5, 5.41) is 5.29. The molecular weight excluding hydrogens is 389 g/mol. The molecule has 0 radical (unpaired) electrons. The number of anilines is 1.